The molecule has 0 spiro atoms. The van der Waals surface area contributed by atoms with E-state index in [4.69, 9.17) is 9.05 Å². The summed E-state index contributed by atoms with van der Waals surface area (Å²) in [7, 11) is -0.919. The van der Waals surface area contributed by atoms with Crippen LogP contribution >= 0.6 is 8.38 Å². The van der Waals surface area contributed by atoms with Gasteiger partial charge in [0.05, 0.1) is 0 Å². The summed E-state index contributed by atoms with van der Waals surface area (Å²) in [4.78, 5) is 0. The normalized spacial score (nSPS) is 10.4. The summed E-state index contributed by atoms with van der Waals surface area (Å²) in [6, 6.07) is 19.8. The fraction of sp³-hybridized carbons (Fsp3) is 0.250. The molecule has 0 aromatic heterocycles. The highest BCUT2D eigenvalue weighted by atomic mass is 31.2. The molecule has 0 unspecified atom stereocenters. The number of para-hydroxylation sites is 2. The summed E-state index contributed by atoms with van der Waals surface area (Å²) in [6.45, 7) is 2.18. The van der Waals surface area contributed by atoms with E-state index in [-0.39, 0.29) is 0 Å². The van der Waals surface area contributed by atoms with Gasteiger partial charge in [0.25, 0.3) is 8.38 Å². The highest BCUT2D eigenvalue weighted by Crippen LogP contribution is 2.40. The maximum Gasteiger partial charge on any atom is 0.290 e. The number of hydrogen-bond donors (Lipinski definition) is 0. The molecule has 2 rings (SSSR count). The van der Waals surface area contributed by atoms with Gasteiger partial charge in [-0.15, -0.1) is 0 Å². The largest absolute Gasteiger partial charge is 0.439 e. The second-order valence-electron chi connectivity index (χ2n) is 4.22. The third-order valence-corrected chi connectivity index (χ3v) is 4.11. The molecule has 0 N–H and O–H groups in total. The minimum atomic E-state index is -0.919. The van der Waals surface area contributed by atoms with E-state index < -0.39 is 8.38 Å². The highest BCUT2D eigenvalue weighted by Gasteiger charge is 2.13. The molecule has 0 saturated heterocycles. The summed E-state index contributed by atoms with van der Waals surface area (Å²) >= 11 is 0. The van der Waals surface area contributed by atoms with Crippen molar-refractivity contribution in [3.8, 4) is 11.5 Å². The van der Waals surface area contributed by atoms with E-state index in [1.54, 1.807) is 0 Å². The molecule has 0 saturated carbocycles. The Morgan fingerprint density at radius 3 is 1.68 bits per heavy atom. The topological polar surface area (TPSA) is 18.5 Å². The molecule has 0 heterocycles. The van der Waals surface area contributed by atoms with Crippen LogP contribution in [0, 0.1) is 0 Å². The van der Waals surface area contributed by atoms with Gasteiger partial charge in [0.1, 0.15) is 11.5 Å². The number of hydrogen-bond acceptors (Lipinski definition) is 2. The quantitative estimate of drug-likeness (QED) is 0.641. The van der Waals surface area contributed by atoms with Crippen molar-refractivity contribution in [3.63, 3.8) is 0 Å². The zero-order valence-corrected chi connectivity index (χ0v) is 12.1. The third-order valence-electron chi connectivity index (χ3n) is 2.60. The van der Waals surface area contributed by atoms with E-state index >= 15 is 0 Å². The van der Waals surface area contributed by atoms with Crippen molar-refractivity contribution in [2.75, 3.05) is 6.16 Å². The number of unbranched alkanes of at least 4 members (excludes halogenated alkanes) is 1. The van der Waals surface area contributed by atoms with Crippen molar-refractivity contribution >= 4 is 8.38 Å². The summed E-state index contributed by atoms with van der Waals surface area (Å²) in [5.74, 6) is 1.75. The van der Waals surface area contributed by atoms with Gasteiger partial charge in [-0.05, 0) is 30.7 Å². The molecule has 0 aliphatic rings. The van der Waals surface area contributed by atoms with Crippen LogP contribution in [0.25, 0.3) is 0 Å². The average molecular weight is 274 g/mol. The fourth-order valence-electron chi connectivity index (χ4n) is 1.59. The second kappa shape index (κ2) is 7.81. The zero-order chi connectivity index (χ0) is 13.3. The lowest BCUT2D eigenvalue weighted by Gasteiger charge is -2.18. The third kappa shape index (κ3) is 4.92. The molecule has 19 heavy (non-hydrogen) atoms. The molecule has 0 fully saturated rings. The van der Waals surface area contributed by atoms with Crippen molar-refractivity contribution in [1.82, 2.24) is 0 Å². The van der Waals surface area contributed by atoms with E-state index in [0.29, 0.717) is 0 Å². The van der Waals surface area contributed by atoms with E-state index in [9.17, 15) is 0 Å². The van der Waals surface area contributed by atoms with Crippen LogP contribution in [0.2, 0.25) is 0 Å². The smallest absolute Gasteiger partial charge is 0.290 e. The Bertz CT molecular complexity index is 417. The first kappa shape index (κ1) is 13.9. The molecule has 0 amide bonds. The Morgan fingerprint density at radius 1 is 0.789 bits per heavy atom. The lowest BCUT2D eigenvalue weighted by Crippen LogP contribution is -1.99. The summed E-state index contributed by atoms with van der Waals surface area (Å²) < 4.78 is 11.9. The summed E-state index contributed by atoms with van der Waals surface area (Å²) in [5, 5.41) is 0. The molecule has 0 aliphatic heterocycles. The van der Waals surface area contributed by atoms with Crippen molar-refractivity contribution in [1.29, 1.82) is 0 Å². The van der Waals surface area contributed by atoms with Crippen molar-refractivity contribution in [2.24, 2.45) is 0 Å². The van der Waals surface area contributed by atoms with Gasteiger partial charge in [-0.2, -0.15) is 0 Å². The Kier molecular flexibility index (Phi) is 5.71. The van der Waals surface area contributed by atoms with Crippen LogP contribution in [0.15, 0.2) is 60.7 Å². The van der Waals surface area contributed by atoms with Crippen molar-refractivity contribution in [2.45, 2.75) is 19.8 Å². The SMILES string of the molecule is CCCCP(Oc1ccccc1)Oc1ccccc1. The van der Waals surface area contributed by atoms with Crippen molar-refractivity contribution < 1.29 is 9.05 Å². The first-order valence-corrected chi connectivity index (χ1v) is 7.98. The predicted octanol–water partition coefficient (Wildman–Crippen LogP) is 5.26. The van der Waals surface area contributed by atoms with Crippen LogP contribution in [-0.2, 0) is 0 Å². The molecule has 0 radical (unpaired) electrons. The Morgan fingerprint density at radius 2 is 1.26 bits per heavy atom. The van der Waals surface area contributed by atoms with E-state index in [0.717, 1.165) is 30.5 Å². The van der Waals surface area contributed by atoms with Gasteiger partial charge in [0, 0.05) is 6.16 Å². The van der Waals surface area contributed by atoms with Gasteiger partial charge in [-0.1, -0.05) is 49.7 Å². The monoisotopic (exact) mass is 274 g/mol. The fourth-order valence-corrected chi connectivity index (χ4v) is 3.10. The molecule has 2 nitrogen and oxygen atoms in total. The Labute approximate surface area is 116 Å². The van der Waals surface area contributed by atoms with Gasteiger partial charge in [-0.25, -0.2) is 0 Å². The van der Waals surface area contributed by atoms with Crippen LogP contribution in [0.3, 0.4) is 0 Å². The van der Waals surface area contributed by atoms with Gasteiger partial charge in [0.2, 0.25) is 0 Å². The minimum absolute atomic E-state index is 0.876. The van der Waals surface area contributed by atoms with Gasteiger partial charge in [-0.3, -0.25) is 0 Å². The first-order valence-electron chi connectivity index (χ1n) is 6.62. The van der Waals surface area contributed by atoms with E-state index in [1.165, 1.54) is 0 Å². The standard InChI is InChI=1S/C16H19O2P/c1-2-3-14-19(17-15-10-6-4-7-11-15)18-16-12-8-5-9-13-16/h4-13H,2-3,14H2,1H3. The maximum absolute atomic E-state index is 5.96. The van der Waals surface area contributed by atoms with Crippen LogP contribution in [0.1, 0.15) is 19.8 Å². The van der Waals surface area contributed by atoms with Crippen LogP contribution in [-0.4, -0.2) is 6.16 Å². The molecule has 2 aromatic rings. The van der Waals surface area contributed by atoms with Crippen LogP contribution < -0.4 is 9.05 Å². The molecule has 100 valence electrons. The minimum Gasteiger partial charge on any atom is -0.439 e. The Hall–Kier alpha value is -1.53. The molecular formula is C16H19O2P. The summed E-state index contributed by atoms with van der Waals surface area (Å²) in [6.07, 6.45) is 3.22. The molecule has 3 heteroatoms. The zero-order valence-electron chi connectivity index (χ0n) is 11.2. The number of benzene rings is 2. The van der Waals surface area contributed by atoms with Crippen LogP contribution in [0.4, 0.5) is 0 Å². The van der Waals surface area contributed by atoms with Gasteiger partial charge >= 0.3 is 0 Å². The Balaban J connectivity index is 1.99. The molecule has 0 bridgehead atoms. The van der Waals surface area contributed by atoms with E-state index in [1.807, 2.05) is 60.7 Å². The first-order chi connectivity index (χ1) is 9.38. The lowest BCUT2D eigenvalue weighted by atomic mass is 10.3. The molecule has 0 aliphatic carbocycles. The van der Waals surface area contributed by atoms with Gasteiger partial charge in [0.15, 0.2) is 0 Å². The van der Waals surface area contributed by atoms with Crippen LogP contribution in [0.5, 0.6) is 11.5 Å². The van der Waals surface area contributed by atoms with Gasteiger partial charge < -0.3 is 9.05 Å². The predicted molar refractivity (Wildman–Crippen MR) is 80.8 cm³/mol. The molecular weight excluding hydrogens is 255 g/mol. The summed E-state index contributed by atoms with van der Waals surface area (Å²) in [5.41, 5.74) is 0. The average Bonchev–Trinajstić information content (AvgIpc) is 2.47. The highest BCUT2D eigenvalue weighted by molar-refractivity contribution is 7.48. The number of rotatable bonds is 7. The lowest BCUT2D eigenvalue weighted by molar-refractivity contribution is 0.487. The van der Waals surface area contributed by atoms with Crippen molar-refractivity contribution in [3.05, 3.63) is 60.7 Å². The maximum atomic E-state index is 5.96. The van der Waals surface area contributed by atoms with E-state index in [2.05, 4.69) is 6.92 Å². The molecule has 2 aromatic carbocycles. The second-order valence-corrected chi connectivity index (χ2v) is 5.70. The molecule has 0 atom stereocenters.